The predicted molar refractivity (Wildman–Crippen MR) is 89.2 cm³/mol. The number of carbonyl (C=O) groups is 1. The number of benzene rings is 1. The van der Waals surface area contributed by atoms with E-state index in [2.05, 4.69) is 0 Å². The summed E-state index contributed by atoms with van der Waals surface area (Å²) in [6.45, 7) is 2.90. The highest BCUT2D eigenvalue weighted by atomic mass is 35.5. The average molecular weight is 337 g/mol. The van der Waals surface area contributed by atoms with Crippen molar-refractivity contribution in [3.8, 4) is 0 Å². The number of carbonyl (C=O) groups excluding carboxylic acids is 1. The topological polar surface area (TPSA) is 55.8 Å². The molecule has 0 spiro atoms. The minimum atomic E-state index is -0.878. The monoisotopic (exact) mass is 336 g/mol. The quantitative estimate of drug-likeness (QED) is 0.585. The predicted octanol–water partition coefficient (Wildman–Crippen LogP) is 2.99. The first-order chi connectivity index (χ1) is 11.1. The molecule has 0 heterocycles. The second-order valence-electron chi connectivity index (χ2n) is 5.29. The summed E-state index contributed by atoms with van der Waals surface area (Å²) in [7, 11) is 0. The third-order valence-electron chi connectivity index (χ3n) is 3.43. The molecular formula is C18H21ClO4. The lowest BCUT2D eigenvalue weighted by Gasteiger charge is -2.15. The van der Waals surface area contributed by atoms with Crippen molar-refractivity contribution in [1.82, 2.24) is 0 Å². The molecule has 1 aromatic carbocycles. The largest absolute Gasteiger partial charge is 0.498 e. The van der Waals surface area contributed by atoms with Crippen LogP contribution in [0.1, 0.15) is 18.9 Å². The van der Waals surface area contributed by atoms with Crippen LogP contribution in [-0.2, 0) is 20.9 Å². The maximum absolute atomic E-state index is 11.8. The summed E-state index contributed by atoms with van der Waals surface area (Å²) < 4.78 is 10.8. The van der Waals surface area contributed by atoms with Crippen molar-refractivity contribution in [3.63, 3.8) is 0 Å². The zero-order valence-corrected chi connectivity index (χ0v) is 13.8. The van der Waals surface area contributed by atoms with Crippen LogP contribution in [-0.4, -0.2) is 35.6 Å². The first-order valence-electron chi connectivity index (χ1n) is 7.62. The molecule has 0 aromatic heterocycles. The fraction of sp³-hybridized carbons (Fsp3) is 0.389. The molecule has 4 nitrogen and oxygen atoms in total. The van der Waals surface area contributed by atoms with Crippen molar-refractivity contribution in [3.05, 3.63) is 59.4 Å². The van der Waals surface area contributed by atoms with Crippen LogP contribution < -0.4 is 0 Å². The van der Waals surface area contributed by atoms with E-state index in [1.165, 1.54) is 6.08 Å². The van der Waals surface area contributed by atoms with Crippen molar-refractivity contribution < 1.29 is 19.4 Å². The van der Waals surface area contributed by atoms with Crippen molar-refractivity contribution in [2.75, 3.05) is 13.2 Å². The minimum absolute atomic E-state index is 0.104. The molecule has 0 unspecified atom stereocenters. The van der Waals surface area contributed by atoms with E-state index in [1.807, 2.05) is 37.3 Å². The van der Waals surface area contributed by atoms with E-state index in [1.54, 1.807) is 6.08 Å². The first kappa shape index (κ1) is 17.7. The van der Waals surface area contributed by atoms with Gasteiger partial charge in [0.25, 0.3) is 0 Å². The molecule has 1 aliphatic rings. The summed E-state index contributed by atoms with van der Waals surface area (Å²) >= 11 is 6.16. The van der Waals surface area contributed by atoms with Gasteiger partial charge in [-0.15, -0.1) is 11.6 Å². The van der Waals surface area contributed by atoms with Gasteiger partial charge >= 0.3 is 0 Å². The van der Waals surface area contributed by atoms with Crippen LogP contribution in [0.25, 0.3) is 0 Å². The molecular weight excluding hydrogens is 316 g/mol. The van der Waals surface area contributed by atoms with Gasteiger partial charge < -0.3 is 14.6 Å². The fourth-order valence-corrected chi connectivity index (χ4v) is 2.48. The van der Waals surface area contributed by atoms with E-state index in [0.717, 1.165) is 5.56 Å². The highest BCUT2D eigenvalue weighted by Crippen LogP contribution is 2.24. The number of allylic oxidation sites excluding steroid dienone is 2. The van der Waals surface area contributed by atoms with Crippen molar-refractivity contribution in [1.29, 1.82) is 0 Å². The lowest BCUT2D eigenvalue weighted by molar-refractivity contribution is -0.111. The maximum Gasteiger partial charge on any atom is 0.185 e. The van der Waals surface area contributed by atoms with Gasteiger partial charge in [-0.25, -0.2) is 0 Å². The Hall–Kier alpha value is -1.62. The van der Waals surface area contributed by atoms with Gasteiger partial charge in [-0.05, 0) is 12.5 Å². The van der Waals surface area contributed by atoms with Gasteiger partial charge in [0.2, 0.25) is 0 Å². The third kappa shape index (κ3) is 5.50. The van der Waals surface area contributed by atoms with Gasteiger partial charge in [0.15, 0.2) is 5.78 Å². The normalized spacial score (nSPS) is 18.8. The minimum Gasteiger partial charge on any atom is -0.498 e. The summed E-state index contributed by atoms with van der Waals surface area (Å²) in [6, 6.07) is 9.69. The van der Waals surface area contributed by atoms with Gasteiger partial charge in [-0.3, -0.25) is 4.79 Å². The average Bonchev–Trinajstić information content (AvgIpc) is 2.88. The molecule has 0 saturated carbocycles. The number of rotatable bonds is 8. The summed E-state index contributed by atoms with van der Waals surface area (Å²) in [6.07, 6.45) is 2.60. The van der Waals surface area contributed by atoms with Gasteiger partial charge in [-0.1, -0.05) is 36.4 Å². The summed E-state index contributed by atoms with van der Waals surface area (Å²) in [5, 5.41) is 9.37. The molecule has 1 N–H and O–H groups in total. The van der Waals surface area contributed by atoms with Gasteiger partial charge in [0, 0.05) is 18.1 Å². The van der Waals surface area contributed by atoms with Crippen LogP contribution in [0.3, 0.4) is 0 Å². The lowest BCUT2D eigenvalue weighted by Crippen LogP contribution is -2.25. The van der Waals surface area contributed by atoms with E-state index >= 15 is 0 Å². The van der Waals surface area contributed by atoms with Crippen LogP contribution in [0.15, 0.2) is 53.8 Å². The van der Waals surface area contributed by atoms with Gasteiger partial charge in [-0.2, -0.15) is 0 Å². The Kier molecular flexibility index (Phi) is 6.84. The molecule has 0 radical (unpaired) electrons. The Morgan fingerprint density at radius 3 is 2.78 bits per heavy atom. The van der Waals surface area contributed by atoms with Gasteiger partial charge in [0.05, 0.1) is 31.3 Å². The molecule has 5 heteroatoms. The summed E-state index contributed by atoms with van der Waals surface area (Å²) in [5.41, 5.74) is 1.58. The summed E-state index contributed by atoms with van der Waals surface area (Å²) in [5.74, 6) is 0.527. The molecule has 1 aromatic rings. The first-order valence-corrected chi connectivity index (χ1v) is 8.06. The van der Waals surface area contributed by atoms with Crippen molar-refractivity contribution >= 4 is 17.4 Å². The number of ketones is 1. The second-order valence-corrected chi connectivity index (χ2v) is 5.79. The van der Waals surface area contributed by atoms with E-state index in [-0.39, 0.29) is 12.4 Å². The highest BCUT2D eigenvalue weighted by Gasteiger charge is 2.23. The lowest BCUT2D eigenvalue weighted by atomic mass is 10.1. The van der Waals surface area contributed by atoms with Crippen LogP contribution in [0.4, 0.5) is 0 Å². The van der Waals surface area contributed by atoms with Crippen molar-refractivity contribution in [2.24, 2.45) is 0 Å². The molecule has 0 bridgehead atoms. The molecule has 0 aliphatic heterocycles. The molecule has 0 saturated heterocycles. The van der Waals surface area contributed by atoms with Crippen molar-refractivity contribution in [2.45, 2.75) is 31.4 Å². The number of halogens is 1. The molecule has 124 valence electrons. The Morgan fingerprint density at radius 2 is 2.09 bits per heavy atom. The van der Waals surface area contributed by atoms with Crippen LogP contribution >= 0.6 is 11.6 Å². The number of hydrogen-bond donors (Lipinski definition) is 1. The van der Waals surface area contributed by atoms with E-state index in [9.17, 15) is 9.90 Å². The molecule has 1 aliphatic carbocycles. The number of alkyl halides is 1. The molecule has 0 fully saturated rings. The number of hydrogen-bond acceptors (Lipinski definition) is 4. The van der Waals surface area contributed by atoms with E-state index < -0.39 is 11.5 Å². The zero-order valence-electron chi connectivity index (χ0n) is 13.1. The maximum atomic E-state index is 11.8. The number of aliphatic hydroxyl groups excluding tert-OH is 1. The van der Waals surface area contributed by atoms with E-state index in [4.69, 9.17) is 21.1 Å². The fourth-order valence-electron chi connectivity index (χ4n) is 2.25. The molecule has 0 amide bonds. The number of aliphatic hydroxyl groups is 1. The van der Waals surface area contributed by atoms with E-state index in [0.29, 0.717) is 31.0 Å². The Labute approximate surface area is 141 Å². The smallest absolute Gasteiger partial charge is 0.185 e. The molecule has 2 atom stereocenters. The Morgan fingerprint density at radius 1 is 1.35 bits per heavy atom. The number of ether oxygens (including phenoxy) is 2. The SMILES string of the molecule is CCOC1=CC(=O)/C(=C/[C@@H](Cl)[C@@H](O)COCc2ccccc2)C1. The van der Waals surface area contributed by atoms with Gasteiger partial charge in [0.1, 0.15) is 5.76 Å². The highest BCUT2D eigenvalue weighted by molar-refractivity contribution is 6.23. The second kappa shape index (κ2) is 8.87. The Bertz CT molecular complexity index is 580. The molecule has 23 heavy (non-hydrogen) atoms. The Balaban J connectivity index is 1.80. The third-order valence-corrected chi connectivity index (χ3v) is 3.85. The van der Waals surface area contributed by atoms with Crippen LogP contribution in [0.5, 0.6) is 0 Å². The van der Waals surface area contributed by atoms with Crippen LogP contribution in [0, 0.1) is 0 Å². The van der Waals surface area contributed by atoms with Crippen LogP contribution in [0.2, 0.25) is 0 Å². The zero-order chi connectivity index (χ0) is 16.7. The standard InChI is InChI=1S/C18H21ClO4/c1-2-23-15-8-14(17(20)10-15)9-16(19)18(21)12-22-11-13-6-4-3-5-7-13/h3-7,9-10,16,18,21H,2,8,11-12H2,1H3/b14-9+/t16-,18+/m1/s1. The summed E-state index contributed by atoms with van der Waals surface area (Å²) in [4.78, 5) is 11.8. The molecule has 2 rings (SSSR count).